The maximum Gasteiger partial charge on any atom is 0.319 e. The van der Waals surface area contributed by atoms with Gasteiger partial charge in [0.25, 0.3) is 10.1 Å². The maximum atomic E-state index is 11.3. The molecular weight excluding hydrogens is 861 g/mol. The van der Waals surface area contributed by atoms with Crippen LogP contribution in [0.15, 0.2) is 0 Å². The monoisotopic (exact) mass is 934 g/mol. The zero-order chi connectivity index (χ0) is 47.1. The van der Waals surface area contributed by atoms with Gasteiger partial charge in [0.05, 0.1) is 37.1 Å². The quantitative estimate of drug-likeness (QED) is 0.119. The molecule has 360 valence electrons. The summed E-state index contributed by atoms with van der Waals surface area (Å²) in [4.78, 5) is 41.8. The van der Waals surface area contributed by atoms with Crippen molar-refractivity contribution < 1.29 is 76.7 Å². The van der Waals surface area contributed by atoms with Crippen LogP contribution < -0.4 is 0 Å². The summed E-state index contributed by atoms with van der Waals surface area (Å²) in [6.45, 7) is 19.3. The number of fused-ring (bicyclic) bond motifs is 4. The molecule has 8 aliphatic rings. The van der Waals surface area contributed by atoms with Crippen LogP contribution in [0.2, 0.25) is 0 Å². The minimum Gasteiger partial charge on any atom is -0.748 e. The molecule has 6 saturated carbocycles. The van der Waals surface area contributed by atoms with Crippen LogP contribution in [0, 0.1) is 41.4 Å². The van der Waals surface area contributed by atoms with Crippen LogP contribution >= 0.6 is 0 Å². The van der Waals surface area contributed by atoms with Crippen molar-refractivity contribution in [3.05, 3.63) is 0 Å². The van der Waals surface area contributed by atoms with Gasteiger partial charge in [-0.25, -0.2) is 16.8 Å². The van der Waals surface area contributed by atoms with Gasteiger partial charge in [-0.3, -0.25) is 23.4 Å². The molecule has 17 nitrogen and oxygen atoms in total. The van der Waals surface area contributed by atoms with Crippen LogP contribution in [-0.2, 0) is 72.7 Å². The predicted octanol–water partition coefficient (Wildman–Crippen LogP) is 5.90. The molecule has 2 aliphatic heterocycles. The van der Waals surface area contributed by atoms with Gasteiger partial charge in [-0.2, -0.15) is 8.42 Å². The fraction of sp³-hybridized carbons (Fsp3) is 0.902. The molecule has 2 heterocycles. The van der Waals surface area contributed by atoms with Gasteiger partial charge in [0, 0.05) is 18.3 Å². The summed E-state index contributed by atoms with van der Waals surface area (Å²) in [6.07, 6.45) is 15.2. The van der Waals surface area contributed by atoms with Crippen LogP contribution in [0.4, 0.5) is 0 Å². The Bertz CT molecular complexity index is 1580. The highest BCUT2D eigenvalue weighted by Gasteiger charge is 2.59. The molecule has 61 heavy (non-hydrogen) atoms. The number of carbonyl (C=O) groups is 4. The van der Waals surface area contributed by atoms with Crippen LogP contribution in [0.1, 0.15) is 146 Å². The first-order valence-electron chi connectivity index (χ1n) is 22.1. The molecule has 0 aromatic carbocycles. The van der Waals surface area contributed by atoms with E-state index in [-0.39, 0.29) is 36.5 Å². The molecule has 8 fully saturated rings. The van der Waals surface area contributed by atoms with Gasteiger partial charge in [0.15, 0.2) is 0 Å². The Morgan fingerprint density at radius 1 is 0.590 bits per heavy atom. The average molecular weight is 935 g/mol. The fourth-order valence-corrected chi connectivity index (χ4v) is 11.6. The highest BCUT2D eigenvalue weighted by Crippen LogP contribution is 2.55. The van der Waals surface area contributed by atoms with E-state index in [0.29, 0.717) is 42.8 Å². The second-order valence-electron chi connectivity index (χ2n) is 15.0. The highest BCUT2D eigenvalue weighted by molar-refractivity contribution is 7.87. The van der Waals surface area contributed by atoms with Gasteiger partial charge in [0.1, 0.15) is 37.8 Å². The topological polar surface area (TPSA) is 263 Å². The number of hydrogen-bond donors (Lipinski definition) is 0. The van der Waals surface area contributed by atoms with Gasteiger partial charge >= 0.3 is 23.9 Å². The summed E-state index contributed by atoms with van der Waals surface area (Å²) in [5, 5.41) is -0.133. The third-order valence-corrected chi connectivity index (χ3v) is 14.0. The van der Waals surface area contributed by atoms with Crippen molar-refractivity contribution in [2.24, 2.45) is 41.4 Å². The van der Waals surface area contributed by atoms with Gasteiger partial charge in [-0.05, 0) is 89.4 Å². The van der Waals surface area contributed by atoms with E-state index >= 15 is 0 Å². The number of ether oxygens (including phenoxy) is 4. The van der Waals surface area contributed by atoms with E-state index in [9.17, 15) is 53.5 Å². The van der Waals surface area contributed by atoms with Crippen molar-refractivity contribution in [2.75, 3.05) is 31.3 Å². The maximum absolute atomic E-state index is 11.3. The van der Waals surface area contributed by atoms with Crippen LogP contribution in [0.3, 0.4) is 0 Å². The summed E-state index contributed by atoms with van der Waals surface area (Å²) in [7, 11) is -12.1. The molecule has 0 N–H and O–H groups in total. The second-order valence-corrected chi connectivity index (χ2v) is 19.6. The summed E-state index contributed by atoms with van der Waals surface area (Å²) in [5.74, 6) is 0.897. The zero-order valence-electron chi connectivity index (χ0n) is 38.0. The minimum atomic E-state index is -4.47. The third-order valence-electron chi connectivity index (χ3n) is 11.1. The van der Waals surface area contributed by atoms with Crippen molar-refractivity contribution in [1.82, 2.24) is 0 Å². The van der Waals surface area contributed by atoms with Gasteiger partial charge in [-0.15, -0.1) is 0 Å². The van der Waals surface area contributed by atoms with Crippen molar-refractivity contribution in [3.8, 4) is 0 Å². The molecule has 0 spiro atoms. The number of rotatable bonds is 8. The fourth-order valence-electron chi connectivity index (χ4n) is 8.97. The minimum absolute atomic E-state index is 0.0590. The van der Waals surface area contributed by atoms with E-state index in [1.54, 1.807) is 46.0 Å². The largest absolute Gasteiger partial charge is 0.748 e. The Kier molecular flexibility index (Phi) is 28.0. The van der Waals surface area contributed by atoms with E-state index in [2.05, 4.69) is 14.2 Å². The van der Waals surface area contributed by atoms with E-state index in [1.807, 2.05) is 41.5 Å². The van der Waals surface area contributed by atoms with Crippen LogP contribution in [0.25, 0.3) is 0 Å². The van der Waals surface area contributed by atoms with Crippen molar-refractivity contribution >= 4 is 54.2 Å². The Balaban J connectivity index is 0.000000695. The lowest BCUT2D eigenvalue weighted by Crippen LogP contribution is -2.21. The summed E-state index contributed by atoms with van der Waals surface area (Å²) in [6, 6.07) is 0. The van der Waals surface area contributed by atoms with E-state index in [1.165, 1.54) is 32.1 Å². The molecule has 0 aromatic heterocycles. The molecule has 8 atom stereocenters. The van der Waals surface area contributed by atoms with Crippen molar-refractivity contribution in [2.45, 2.75) is 164 Å². The van der Waals surface area contributed by atoms with Crippen LogP contribution in [0.5, 0.6) is 0 Å². The summed E-state index contributed by atoms with van der Waals surface area (Å²) >= 11 is 0. The van der Waals surface area contributed by atoms with Gasteiger partial charge in [0.2, 0.25) is 0 Å². The smallest absolute Gasteiger partial charge is 0.319 e. The number of esters is 4. The Hall–Kier alpha value is -2.39. The molecule has 20 heteroatoms. The molecule has 0 radical (unpaired) electrons. The Morgan fingerprint density at radius 3 is 1.28 bits per heavy atom. The predicted molar refractivity (Wildman–Crippen MR) is 226 cm³/mol. The first-order chi connectivity index (χ1) is 28.7. The van der Waals surface area contributed by atoms with Gasteiger partial charge < -0.3 is 28.1 Å². The summed E-state index contributed by atoms with van der Waals surface area (Å²) < 4.78 is 105. The van der Waals surface area contributed by atoms with Crippen molar-refractivity contribution in [3.63, 3.8) is 0 Å². The SMILES string of the molecule is C1CC2CCC1C2.CC.CC.CC.CCOC(=O)CC.CCOC(=O)CS(=O)(=O)[O-].CCOC(=O)CS(=O)(=O)[O-].O=C1OC2CC3CC1C2C3.O=S1(=O)OC2CC3CC2C1C3. The second kappa shape index (κ2) is 29.1. The van der Waals surface area contributed by atoms with E-state index < -0.39 is 53.8 Å². The number of hydrogen-bond acceptors (Lipinski definition) is 17. The lowest BCUT2D eigenvalue weighted by Gasteiger charge is -2.11. The zero-order valence-corrected chi connectivity index (χ0v) is 40.4. The summed E-state index contributed by atoms with van der Waals surface area (Å²) in [5.41, 5.74) is 0. The lowest BCUT2D eigenvalue weighted by atomic mass is 9.90. The molecular formula is C41H74O17S3-2. The molecule has 6 aliphatic carbocycles. The average Bonchev–Trinajstić information content (AvgIpc) is 4.07. The Labute approximate surface area is 366 Å². The van der Waals surface area contributed by atoms with Crippen molar-refractivity contribution in [1.29, 1.82) is 0 Å². The molecule has 6 bridgehead atoms. The molecule has 0 aromatic rings. The lowest BCUT2D eigenvalue weighted by molar-refractivity contribution is -0.144. The van der Waals surface area contributed by atoms with Gasteiger partial charge in [-0.1, -0.05) is 74.1 Å². The third kappa shape index (κ3) is 21.2. The number of carbonyl (C=O) groups excluding carboxylic acids is 4. The van der Waals surface area contributed by atoms with E-state index in [4.69, 9.17) is 8.92 Å². The standard InChI is InChI=1S/C8H10O2.C7H10O3S.C7H12.C5H10O2.2C4H8O5S.3C2H6/c9-8-6-2-4-1-5(6)7(3-4)10-8;8-11(9)7-3-4-1-5(7)6(2-4)10-11;1-2-7-4-3-6(1)5-7;1-3-5(6)7-4-2;2*1-2-9-4(5)3-10(6,7)8;3*1-2/h4-7H,1-3H2;4-7H,1-3H2;6-7H,1-5H2;3-4H2,1-2H3;2*2-3H2,1H3,(H,6,7,8);3*1-2H3/p-2. The normalized spacial score (nSPS) is 29.8. The first-order valence-corrected chi connectivity index (χ1v) is 26.8. The highest BCUT2D eigenvalue weighted by atomic mass is 32.2. The van der Waals surface area contributed by atoms with Crippen LogP contribution in [-0.4, -0.2) is 107 Å². The molecule has 8 unspecified atom stereocenters. The molecule has 0 amide bonds. The van der Waals surface area contributed by atoms with E-state index in [0.717, 1.165) is 38.0 Å². The Morgan fingerprint density at radius 2 is 1.00 bits per heavy atom. The molecule has 2 saturated heterocycles. The first kappa shape index (κ1) is 58.6. The molecule has 8 rings (SSSR count).